The van der Waals surface area contributed by atoms with Gasteiger partial charge in [0.05, 0.1) is 5.41 Å². The van der Waals surface area contributed by atoms with E-state index in [-0.39, 0.29) is 0 Å². The van der Waals surface area contributed by atoms with E-state index in [9.17, 15) is 0 Å². The molecule has 9 aromatic rings. The van der Waals surface area contributed by atoms with Crippen LogP contribution in [0.15, 0.2) is 182 Å². The Labute approximate surface area is 328 Å². The molecule has 9 aromatic carbocycles. The van der Waals surface area contributed by atoms with Gasteiger partial charge in [-0.25, -0.2) is 0 Å². The summed E-state index contributed by atoms with van der Waals surface area (Å²) in [7, 11) is 0. The lowest BCUT2D eigenvalue weighted by Gasteiger charge is -2.33. The van der Waals surface area contributed by atoms with E-state index in [0.717, 1.165) is 0 Å². The normalized spacial score (nSPS) is 15.2. The van der Waals surface area contributed by atoms with Crippen LogP contribution >= 0.6 is 0 Å². The average molecular weight is 716 g/mol. The van der Waals surface area contributed by atoms with Crippen molar-refractivity contribution < 1.29 is 0 Å². The van der Waals surface area contributed by atoms with Crippen molar-refractivity contribution in [2.75, 3.05) is 4.90 Å². The molecule has 0 aliphatic heterocycles. The Bertz CT molecular complexity index is 2960. The van der Waals surface area contributed by atoms with Crippen molar-refractivity contribution in [1.29, 1.82) is 0 Å². The zero-order valence-electron chi connectivity index (χ0n) is 31.4. The molecule has 1 saturated carbocycles. The lowest BCUT2D eigenvalue weighted by molar-refractivity contribution is 0.443. The number of nitrogens with zero attached hydrogens (tertiary/aromatic N) is 1. The van der Waals surface area contributed by atoms with E-state index in [2.05, 4.69) is 187 Å². The van der Waals surface area contributed by atoms with Gasteiger partial charge in [0.1, 0.15) is 0 Å². The van der Waals surface area contributed by atoms with Crippen LogP contribution in [0.2, 0.25) is 0 Å². The van der Waals surface area contributed by atoms with Gasteiger partial charge in [0.2, 0.25) is 0 Å². The Hall–Kier alpha value is -6.44. The van der Waals surface area contributed by atoms with Gasteiger partial charge in [-0.3, -0.25) is 0 Å². The van der Waals surface area contributed by atoms with E-state index >= 15 is 0 Å². The Kier molecular flexibility index (Phi) is 6.99. The second-order valence-electron chi connectivity index (χ2n) is 16.2. The minimum absolute atomic E-state index is 0.476. The van der Waals surface area contributed by atoms with Crippen LogP contribution in [0.25, 0.3) is 54.6 Å². The molecule has 0 unspecified atom stereocenters. The molecule has 0 atom stereocenters. The minimum atomic E-state index is -0.476. The van der Waals surface area contributed by atoms with Crippen molar-refractivity contribution in [3.05, 3.63) is 210 Å². The Balaban J connectivity index is 1.13. The molecule has 0 N–H and O–H groups in total. The molecule has 1 fully saturated rings. The van der Waals surface area contributed by atoms with Gasteiger partial charge in [-0.15, -0.1) is 0 Å². The fourth-order valence-electron chi connectivity index (χ4n) is 11.1. The van der Waals surface area contributed by atoms with Crippen molar-refractivity contribution in [3.63, 3.8) is 0 Å². The van der Waals surface area contributed by atoms with Crippen molar-refractivity contribution in [1.82, 2.24) is 0 Å². The monoisotopic (exact) mass is 715 g/mol. The first kappa shape index (κ1) is 31.9. The summed E-state index contributed by atoms with van der Waals surface area (Å²) in [6.45, 7) is 0. The highest BCUT2D eigenvalue weighted by molar-refractivity contribution is 6.21. The fourth-order valence-corrected chi connectivity index (χ4v) is 11.1. The maximum Gasteiger partial charge on any atom is 0.0737 e. The molecule has 1 nitrogen and oxygen atoms in total. The van der Waals surface area contributed by atoms with Crippen LogP contribution < -0.4 is 4.90 Å². The molecule has 0 aromatic heterocycles. The van der Waals surface area contributed by atoms with Crippen molar-refractivity contribution in [2.24, 2.45) is 0 Å². The van der Waals surface area contributed by atoms with E-state index in [1.807, 2.05) is 0 Å². The van der Waals surface area contributed by atoms with Gasteiger partial charge in [-0.05, 0) is 138 Å². The molecular weight excluding hydrogens is 675 g/mol. The number of anilines is 3. The van der Waals surface area contributed by atoms with Gasteiger partial charge in [0.15, 0.2) is 0 Å². The maximum atomic E-state index is 2.44. The van der Waals surface area contributed by atoms with Gasteiger partial charge in [-0.2, -0.15) is 0 Å². The van der Waals surface area contributed by atoms with Crippen molar-refractivity contribution in [2.45, 2.75) is 43.4 Å². The maximum absolute atomic E-state index is 2.44. The highest BCUT2D eigenvalue weighted by Crippen LogP contribution is 2.66. The summed E-state index contributed by atoms with van der Waals surface area (Å²) in [5.74, 6) is 0.683. The smallest absolute Gasteiger partial charge is 0.0737 e. The SMILES string of the molecule is c1ccc(N(c2ccc(C3CCCCC3)cc2)c2ccc3c4c(ccc3c2)-c2c(c3ccccc3c3ccccc23)C42c3ccccc3-c3ccccc32)cc1. The standard InChI is InChI=1S/C55H41N/c1-3-15-36(16-4-1)37-27-30-40(31-28-37)56(39-17-5-2-6-18-39)41-32-34-42-38(35-41)29-33-49-52-47-23-9-7-19-43(47)44-20-8-10-24-48(44)54(52)55(53(42)49)50-25-13-11-21-45(50)46-22-12-14-26-51(46)55/h2,5-14,17-36H,1,3-4,15-16H2. The fraction of sp³-hybridized carbons (Fsp3) is 0.127. The molecule has 12 rings (SSSR count). The third kappa shape index (κ3) is 4.37. The third-order valence-electron chi connectivity index (χ3n) is 13.4. The summed E-state index contributed by atoms with van der Waals surface area (Å²) in [6, 6.07) is 69.0. The molecule has 0 bridgehead atoms. The molecule has 266 valence electrons. The quantitative estimate of drug-likeness (QED) is 0.164. The highest BCUT2D eigenvalue weighted by atomic mass is 15.1. The van der Waals surface area contributed by atoms with Crippen LogP contribution in [0.3, 0.4) is 0 Å². The Morgan fingerprint density at radius 3 is 1.68 bits per heavy atom. The predicted octanol–water partition coefficient (Wildman–Crippen LogP) is 15.0. The summed E-state index contributed by atoms with van der Waals surface area (Å²) in [5.41, 5.74) is 15.5. The van der Waals surface area contributed by atoms with Gasteiger partial charge >= 0.3 is 0 Å². The number of para-hydroxylation sites is 1. The van der Waals surface area contributed by atoms with E-state index in [1.165, 1.54) is 132 Å². The number of rotatable bonds is 4. The number of hydrogen-bond acceptors (Lipinski definition) is 1. The first-order chi connectivity index (χ1) is 27.8. The zero-order valence-corrected chi connectivity index (χ0v) is 31.4. The third-order valence-corrected chi connectivity index (χ3v) is 13.4. The lowest BCUT2D eigenvalue weighted by Crippen LogP contribution is -2.26. The van der Waals surface area contributed by atoms with Crippen LogP contribution in [0.1, 0.15) is 65.8 Å². The lowest BCUT2D eigenvalue weighted by atomic mass is 9.68. The summed E-state index contributed by atoms with van der Waals surface area (Å²) >= 11 is 0. The van der Waals surface area contributed by atoms with E-state index in [4.69, 9.17) is 0 Å². The van der Waals surface area contributed by atoms with Gasteiger partial charge in [0, 0.05) is 17.1 Å². The van der Waals surface area contributed by atoms with Crippen LogP contribution in [0, 0.1) is 0 Å². The summed E-state index contributed by atoms with van der Waals surface area (Å²) in [4.78, 5) is 2.43. The van der Waals surface area contributed by atoms with E-state index < -0.39 is 5.41 Å². The largest absolute Gasteiger partial charge is 0.310 e. The average Bonchev–Trinajstić information content (AvgIpc) is 3.76. The van der Waals surface area contributed by atoms with Crippen LogP contribution in [-0.2, 0) is 5.41 Å². The number of benzene rings is 9. The first-order valence-corrected chi connectivity index (χ1v) is 20.5. The number of hydrogen-bond donors (Lipinski definition) is 0. The van der Waals surface area contributed by atoms with Crippen LogP contribution in [-0.4, -0.2) is 0 Å². The minimum Gasteiger partial charge on any atom is -0.310 e. The molecule has 0 amide bonds. The first-order valence-electron chi connectivity index (χ1n) is 20.5. The summed E-state index contributed by atoms with van der Waals surface area (Å²) in [5, 5.41) is 7.85. The molecule has 0 heterocycles. The van der Waals surface area contributed by atoms with Crippen LogP contribution in [0.4, 0.5) is 17.1 Å². The van der Waals surface area contributed by atoms with Crippen molar-refractivity contribution >= 4 is 49.4 Å². The highest BCUT2D eigenvalue weighted by Gasteiger charge is 2.53. The second kappa shape index (κ2) is 12.3. The van der Waals surface area contributed by atoms with E-state index in [0.29, 0.717) is 5.92 Å². The van der Waals surface area contributed by atoms with Gasteiger partial charge in [0.25, 0.3) is 0 Å². The van der Waals surface area contributed by atoms with Gasteiger partial charge in [-0.1, -0.05) is 165 Å². The van der Waals surface area contributed by atoms with E-state index in [1.54, 1.807) is 0 Å². The molecule has 0 saturated heterocycles. The molecule has 56 heavy (non-hydrogen) atoms. The summed E-state index contributed by atoms with van der Waals surface area (Å²) in [6.07, 6.45) is 6.69. The van der Waals surface area contributed by atoms with Crippen molar-refractivity contribution in [3.8, 4) is 22.3 Å². The molecule has 1 heteroatoms. The molecule has 3 aliphatic carbocycles. The molecular formula is C55H41N. The molecule has 0 radical (unpaired) electrons. The second-order valence-corrected chi connectivity index (χ2v) is 16.2. The molecule has 3 aliphatic rings. The Morgan fingerprint density at radius 1 is 0.393 bits per heavy atom. The zero-order chi connectivity index (χ0) is 36.8. The summed E-state index contributed by atoms with van der Waals surface area (Å²) < 4.78 is 0. The topological polar surface area (TPSA) is 3.24 Å². The van der Waals surface area contributed by atoms with Crippen LogP contribution in [0.5, 0.6) is 0 Å². The molecule has 1 spiro atoms. The van der Waals surface area contributed by atoms with Gasteiger partial charge < -0.3 is 4.90 Å². The Morgan fingerprint density at radius 2 is 0.964 bits per heavy atom. The predicted molar refractivity (Wildman–Crippen MR) is 236 cm³/mol. The number of fused-ring (bicyclic) bond motifs is 17.